The van der Waals surface area contributed by atoms with Crippen molar-refractivity contribution in [3.8, 4) is 0 Å². The zero-order chi connectivity index (χ0) is 15.8. The van der Waals surface area contributed by atoms with E-state index in [0.29, 0.717) is 16.9 Å². The molecule has 0 radical (unpaired) electrons. The number of thiophene rings is 1. The van der Waals surface area contributed by atoms with Crippen LogP contribution in [0.5, 0.6) is 0 Å². The van der Waals surface area contributed by atoms with Crippen LogP contribution < -0.4 is 5.32 Å². The van der Waals surface area contributed by atoms with E-state index in [2.05, 4.69) is 26.0 Å². The Morgan fingerprint density at radius 3 is 2.52 bits per heavy atom. The van der Waals surface area contributed by atoms with Crippen LogP contribution in [0.15, 0.2) is 14.7 Å². The summed E-state index contributed by atoms with van der Waals surface area (Å²) in [4.78, 5) is 11.9. The highest BCUT2D eigenvalue weighted by molar-refractivity contribution is 9.11. The summed E-state index contributed by atoms with van der Waals surface area (Å²) in [6, 6.07) is 1.54. The van der Waals surface area contributed by atoms with E-state index < -0.39 is 16.0 Å². The van der Waals surface area contributed by atoms with Gasteiger partial charge in [0.05, 0.1) is 10.9 Å². The minimum Gasteiger partial charge on any atom is -0.465 e. The normalized spacial score (nSPS) is 24.0. The summed E-state index contributed by atoms with van der Waals surface area (Å²) in [5.74, 6) is -0.538. The molecule has 0 spiro atoms. The number of ether oxygens (including phenoxy) is 1. The molecule has 1 N–H and O–H groups in total. The van der Waals surface area contributed by atoms with Gasteiger partial charge in [-0.05, 0) is 35.8 Å². The maximum atomic E-state index is 12.7. The summed E-state index contributed by atoms with van der Waals surface area (Å²) in [7, 11) is -2.36. The van der Waals surface area contributed by atoms with E-state index in [4.69, 9.17) is 0 Å². The van der Waals surface area contributed by atoms with E-state index in [9.17, 15) is 13.2 Å². The SMILES string of the molecule is COC(=O)c1cc(S(=O)(=O)N2CC(C)NC(C)C2)c(Br)s1. The average Bonchev–Trinajstić information content (AvgIpc) is 2.79. The maximum Gasteiger partial charge on any atom is 0.348 e. The molecule has 2 heterocycles. The number of esters is 1. The highest BCUT2D eigenvalue weighted by Gasteiger charge is 2.34. The molecule has 1 aliphatic rings. The fourth-order valence-electron chi connectivity index (χ4n) is 2.34. The monoisotopic (exact) mass is 396 g/mol. The molecule has 1 aromatic heterocycles. The lowest BCUT2D eigenvalue weighted by Gasteiger charge is -2.35. The molecule has 0 amide bonds. The molecule has 118 valence electrons. The van der Waals surface area contributed by atoms with Crippen molar-refractivity contribution in [1.29, 1.82) is 0 Å². The zero-order valence-electron chi connectivity index (χ0n) is 11.9. The standard InChI is InChI=1S/C12H17BrN2O4S2/c1-7-5-15(6-8(2)14-7)21(17,18)10-4-9(12(16)19-3)20-11(10)13/h4,7-8,14H,5-6H2,1-3H3. The number of halogens is 1. The molecule has 0 saturated carbocycles. The van der Waals surface area contributed by atoms with Crippen LogP contribution in [0.1, 0.15) is 23.5 Å². The van der Waals surface area contributed by atoms with Gasteiger partial charge in [-0.3, -0.25) is 0 Å². The zero-order valence-corrected chi connectivity index (χ0v) is 15.1. The average molecular weight is 397 g/mol. The molecule has 0 bridgehead atoms. The van der Waals surface area contributed by atoms with Gasteiger partial charge in [-0.1, -0.05) is 0 Å². The highest BCUT2D eigenvalue weighted by Crippen LogP contribution is 2.34. The van der Waals surface area contributed by atoms with Crippen molar-refractivity contribution in [3.05, 3.63) is 14.7 Å². The quantitative estimate of drug-likeness (QED) is 0.786. The molecule has 0 aliphatic carbocycles. The molecule has 2 atom stereocenters. The second-order valence-electron chi connectivity index (χ2n) is 5.03. The largest absolute Gasteiger partial charge is 0.465 e. The molecule has 1 aromatic rings. The first-order chi connectivity index (χ1) is 9.75. The number of rotatable bonds is 3. The number of carbonyl (C=O) groups is 1. The molecule has 1 saturated heterocycles. The Morgan fingerprint density at radius 2 is 2.00 bits per heavy atom. The maximum absolute atomic E-state index is 12.7. The van der Waals surface area contributed by atoms with Crippen LogP contribution in [0.4, 0.5) is 0 Å². The first-order valence-electron chi connectivity index (χ1n) is 6.39. The fraction of sp³-hybridized carbons (Fsp3) is 0.583. The van der Waals surface area contributed by atoms with Crippen molar-refractivity contribution >= 4 is 43.3 Å². The Kier molecular flexibility index (Phi) is 5.09. The Hall–Kier alpha value is -0.480. The second-order valence-corrected chi connectivity index (χ2v) is 9.31. The summed E-state index contributed by atoms with van der Waals surface area (Å²) in [5.41, 5.74) is 0. The van der Waals surface area contributed by atoms with Crippen molar-refractivity contribution in [1.82, 2.24) is 9.62 Å². The predicted molar refractivity (Wildman–Crippen MR) is 84.2 cm³/mol. The molecule has 1 aliphatic heterocycles. The topological polar surface area (TPSA) is 75.7 Å². The third kappa shape index (κ3) is 3.48. The highest BCUT2D eigenvalue weighted by atomic mass is 79.9. The van der Waals surface area contributed by atoms with Crippen LogP contribution in [-0.4, -0.2) is 51.0 Å². The van der Waals surface area contributed by atoms with Gasteiger partial charge in [0.25, 0.3) is 0 Å². The first-order valence-corrected chi connectivity index (χ1v) is 9.44. The van der Waals surface area contributed by atoms with Crippen molar-refractivity contribution < 1.29 is 17.9 Å². The Labute approximate surface area is 136 Å². The molecule has 1 fully saturated rings. The van der Waals surface area contributed by atoms with E-state index in [1.54, 1.807) is 0 Å². The van der Waals surface area contributed by atoms with Gasteiger partial charge >= 0.3 is 5.97 Å². The lowest BCUT2D eigenvalue weighted by Crippen LogP contribution is -2.55. The summed E-state index contributed by atoms with van der Waals surface area (Å²) in [6.07, 6.45) is 0. The smallest absolute Gasteiger partial charge is 0.348 e. The third-order valence-corrected chi connectivity index (χ3v) is 7.25. The summed E-state index contributed by atoms with van der Waals surface area (Å²) >= 11 is 4.30. The first kappa shape index (κ1) is 16.9. The van der Waals surface area contributed by atoms with Gasteiger partial charge < -0.3 is 10.1 Å². The van der Waals surface area contributed by atoms with Gasteiger partial charge in [0.15, 0.2) is 0 Å². The van der Waals surface area contributed by atoms with E-state index in [1.807, 2.05) is 13.8 Å². The molecule has 21 heavy (non-hydrogen) atoms. The number of carbonyl (C=O) groups excluding carboxylic acids is 1. The molecule has 9 heteroatoms. The molecular weight excluding hydrogens is 380 g/mol. The number of methoxy groups -OCH3 is 1. The number of nitrogens with zero attached hydrogens (tertiary/aromatic N) is 1. The van der Waals surface area contributed by atoms with Crippen LogP contribution in [-0.2, 0) is 14.8 Å². The van der Waals surface area contributed by atoms with E-state index in [0.717, 1.165) is 11.3 Å². The Bertz CT molecular complexity index is 634. The third-order valence-electron chi connectivity index (χ3n) is 3.18. The lowest BCUT2D eigenvalue weighted by atomic mass is 10.2. The summed E-state index contributed by atoms with van der Waals surface area (Å²) < 4.78 is 32.0. The van der Waals surface area contributed by atoms with Gasteiger partial charge in [0.2, 0.25) is 10.0 Å². The summed E-state index contributed by atoms with van der Waals surface area (Å²) in [6.45, 7) is 4.70. The van der Waals surface area contributed by atoms with E-state index in [-0.39, 0.29) is 21.9 Å². The molecule has 2 unspecified atom stereocenters. The van der Waals surface area contributed by atoms with Crippen molar-refractivity contribution in [2.24, 2.45) is 0 Å². The van der Waals surface area contributed by atoms with Crippen LogP contribution in [0.25, 0.3) is 0 Å². The van der Waals surface area contributed by atoms with Gasteiger partial charge in [-0.15, -0.1) is 11.3 Å². The molecular formula is C12H17BrN2O4S2. The van der Waals surface area contributed by atoms with Gasteiger partial charge in [0.1, 0.15) is 9.77 Å². The van der Waals surface area contributed by atoms with Crippen LogP contribution >= 0.6 is 27.3 Å². The van der Waals surface area contributed by atoms with Crippen molar-refractivity contribution in [2.75, 3.05) is 20.2 Å². The summed E-state index contributed by atoms with van der Waals surface area (Å²) in [5, 5.41) is 3.29. The van der Waals surface area contributed by atoms with Crippen molar-refractivity contribution in [3.63, 3.8) is 0 Å². The fourth-order valence-corrected chi connectivity index (χ4v) is 6.39. The van der Waals surface area contributed by atoms with Crippen LogP contribution in [0.2, 0.25) is 0 Å². The number of sulfonamides is 1. The van der Waals surface area contributed by atoms with Gasteiger partial charge in [-0.25, -0.2) is 13.2 Å². The Morgan fingerprint density at radius 1 is 1.43 bits per heavy atom. The van der Waals surface area contributed by atoms with Gasteiger partial charge in [0, 0.05) is 25.2 Å². The van der Waals surface area contributed by atoms with Crippen LogP contribution in [0.3, 0.4) is 0 Å². The number of piperazine rings is 1. The van der Waals surface area contributed by atoms with E-state index in [1.165, 1.54) is 17.5 Å². The minimum atomic E-state index is -3.63. The van der Waals surface area contributed by atoms with E-state index >= 15 is 0 Å². The van der Waals surface area contributed by atoms with Gasteiger partial charge in [-0.2, -0.15) is 4.31 Å². The molecule has 0 aromatic carbocycles. The molecule has 6 nitrogen and oxygen atoms in total. The van der Waals surface area contributed by atoms with Crippen LogP contribution in [0, 0.1) is 0 Å². The minimum absolute atomic E-state index is 0.0843. The Balaban J connectivity index is 2.35. The lowest BCUT2D eigenvalue weighted by molar-refractivity contribution is 0.0606. The molecule has 2 rings (SSSR count). The number of hydrogen-bond acceptors (Lipinski definition) is 6. The predicted octanol–water partition coefficient (Wildman–Crippen LogP) is 1.67. The number of nitrogens with one attached hydrogen (secondary N) is 1. The number of hydrogen-bond donors (Lipinski definition) is 1. The second kappa shape index (κ2) is 6.33. The van der Waals surface area contributed by atoms with Crippen molar-refractivity contribution in [2.45, 2.75) is 30.8 Å².